The predicted molar refractivity (Wildman–Crippen MR) is 183 cm³/mol. The van der Waals surface area contributed by atoms with Crippen molar-refractivity contribution in [1.82, 2.24) is 31.1 Å². The van der Waals surface area contributed by atoms with Gasteiger partial charge < -0.3 is 35.8 Å². The Kier molecular flexibility index (Phi) is 15.2. The molecule has 1 unspecified atom stereocenters. The van der Waals surface area contributed by atoms with Gasteiger partial charge in [0.15, 0.2) is 0 Å². The molecule has 0 aromatic heterocycles. The number of alkyl carbamates (subject to hydrolysis) is 1. The van der Waals surface area contributed by atoms with E-state index in [1.54, 1.807) is 72.1 Å². The molecule has 0 spiro atoms. The third-order valence-corrected chi connectivity index (χ3v) is 7.99. The van der Waals surface area contributed by atoms with Crippen LogP contribution in [0.3, 0.4) is 0 Å². The summed E-state index contributed by atoms with van der Waals surface area (Å²) in [5.41, 5.74) is -0.167. The minimum Gasteiger partial charge on any atom is -0.449 e. The maximum atomic E-state index is 13.9. The second-order valence-electron chi connectivity index (χ2n) is 14.3. The first-order valence-corrected chi connectivity index (χ1v) is 16.8. The summed E-state index contributed by atoms with van der Waals surface area (Å²) in [5.74, 6) is -4.09. The van der Waals surface area contributed by atoms with Gasteiger partial charge in [0.05, 0.1) is 19.2 Å². The Bertz CT molecular complexity index is 1340. The highest BCUT2D eigenvalue weighted by atomic mass is 16.5. The first kappa shape index (κ1) is 40.7. The molecule has 0 radical (unpaired) electrons. The molecule has 6 amide bonds. The summed E-state index contributed by atoms with van der Waals surface area (Å²) in [5, 5.41) is 10.2. The van der Waals surface area contributed by atoms with Crippen molar-refractivity contribution < 1.29 is 38.3 Å². The van der Waals surface area contributed by atoms with Crippen LogP contribution in [0.15, 0.2) is 30.3 Å². The predicted octanol–water partition coefficient (Wildman–Crippen LogP) is 1.94. The van der Waals surface area contributed by atoms with Crippen LogP contribution in [0, 0.1) is 17.3 Å². The van der Waals surface area contributed by atoms with Crippen LogP contribution in [0.25, 0.3) is 0 Å². The van der Waals surface area contributed by atoms with E-state index in [0.717, 1.165) is 0 Å². The number of benzene rings is 1. The summed E-state index contributed by atoms with van der Waals surface area (Å²) in [4.78, 5) is 94.4. The quantitative estimate of drug-likeness (QED) is 0.202. The summed E-state index contributed by atoms with van der Waals surface area (Å²) < 4.78 is 5.24. The number of nitrogens with zero attached hydrogens (tertiary/aromatic N) is 2. The number of nitrogens with one attached hydrogen (secondary N) is 4. The molecule has 1 aromatic carbocycles. The first-order valence-electron chi connectivity index (χ1n) is 16.8. The van der Waals surface area contributed by atoms with Crippen molar-refractivity contribution in [3.63, 3.8) is 0 Å². The Morgan fingerprint density at radius 1 is 0.980 bits per heavy atom. The smallest absolute Gasteiger partial charge is 0.407 e. The van der Waals surface area contributed by atoms with Gasteiger partial charge in [-0.2, -0.15) is 0 Å². The number of hydrogen-bond acceptors (Lipinski definition) is 8. The lowest BCUT2D eigenvalue weighted by atomic mass is 9.85. The average Bonchev–Trinajstić information content (AvgIpc) is 3.44. The topological polar surface area (TPSA) is 183 Å². The van der Waals surface area contributed by atoms with Crippen molar-refractivity contribution >= 4 is 41.4 Å². The number of ketones is 1. The second-order valence-corrected chi connectivity index (χ2v) is 14.3. The van der Waals surface area contributed by atoms with Crippen LogP contribution >= 0.6 is 0 Å². The third kappa shape index (κ3) is 12.2. The highest BCUT2D eigenvalue weighted by Crippen LogP contribution is 2.28. The molecule has 14 nitrogen and oxygen atoms in total. The van der Waals surface area contributed by atoms with E-state index in [9.17, 15) is 33.6 Å². The Morgan fingerprint density at radius 3 is 2.16 bits per heavy atom. The lowest BCUT2D eigenvalue weighted by Crippen LogP contribution is -2.59. The van der Waals surface area contributed by atoms with Crippen LogP contribution in [-0.2, 0) is 33.5 Å². The Labute approximate surface area is 289 Å². The van der Waals surface area contributed by atoms with E-state index in [0.29, 0.717) is 18.4 Å². The molecule has 5 atom stereocenters. The Morgan fingerprint density at radius 2 is 1.61 bits per heavy atom. The number of hydrogen-bond donors (Lipinski definition) is 4. The van der Waals surface area contributed by atoms with E-state index in [1.807, 2.05) is 20.8 Å². The zero-order valence-corrected chi connectivity index (χ0v) is 30.3. The van der Waals surface area contributed by atoms with Crippen LogP contribution in [-0.4, -0.2) is 103 Å². The number of carbonyl (C=O) groups is 7. The number of ether oxygens (including phenoxy) is 1. The van der Waals surface area contributed by atoms with Gasteiger partial charge in [-0.15, -0.1) is 0 Å². The monoisotopic (exact) mass is 686 g/mol. The molecule has 1 saturated heterocycles. The van der Waals surface area contributed by atoms with Crippen LogP contribution in [0.5, 0.6) is 0 Å². The van der Waals surface area contributed by atoms with E-state index < -0.39 is 71.6 Å². The van der Waals surface area contributed by atoms with Crippen molar-refractivity contribution in [2.75, 3.05) is 33.8 Å². The van der Waals surface area contributed by atoms with E-state index >= 15 is 0 Å². The molecule has 0 aliphatic carbocycles. The van der Waals surface area contributed by atoms with Crippen molar-refractivity contribution in [2.45, 2.75) is 91.9 Å². The molecule has 272 valence electrons. The highest BCUT2D eigenvalue weighted by molar-refractivity contribution is 6.38. The minimum absolute atomic E-state index is 0.0468. The molecule has 1 aromatic rings. The largest absolute Gasteiger partial charge is 0.449 e. The summed E-state index contributed by atoms with van der Waals surface area (Å²) >= 11 is 0. The van der Waals surface area contributed by atoms with Gasteiger partial charge in [-0.05, 0) is 35.7 Å². The molecule has 1 aliphatic rings. The van der Waals surface area contributed by atoms with Crippen LogP contribution < -0.4 is 21.3 Å². The van der Waals surface area contributed by atoms with Crippen LogP contribution in [0.2, 0.25) is 0 Å². The molecule has 4 N–H and O–H groups in total. The average molecular weight is 687 g/mol. The van der Waals surface area contributed by atoms with Gasteiger partial charge in [0.2, 0.25) is 29.4 Å². The van der Waals surface area contributed by atoms with Crippen LogP contribution in [0.4, 0.5) is 4.79 Å². The molecule has 14 heteroatoms. The van der Waals surface area contributed by atoms with Gasteiger partial charge >= 0.3 is 6.09 Å². The number of Topliss-reactive ketones (excluding diaryl/α,β-unsaturated/α-hetero) is 1. The van der Waals surface area contributed by atoms with E-state index in [4.69, 9.17) is 4.74 Å². The van der Waals surface area contributed by atoms with E-state index in [1.165, 1.54) is 9.80 Å². The lowest BCUT2D eigenvalue weighted by molar-refractivity contribution is -0.144. The summed E-state index contributed by atoms with van der Waals surface area (Å²) in [7, 11) is 3.11. The van der Waals surface area contributed by atoms with E-state index in [2.05, 4.69) is 21.3 Å². The summed E-state index contributed by atoms with van der Waals surface area (Å²) in [6, 6.07) is 4.47. The van der Waals surface area contributed by atoms with Gasteiger partial charge in [-0.1, -0.05) is 85.2 Å². The first-order chi connectivity index (χ1) is 22.9. The normalized spacial score (nSPS) is 17.7. The lowest BCUT2D eigenvalue weighted by Gasteiger charge is -2.35. The molecule has 49 heavy (non-hydrogen) atoms. The fourth-order valence-corrected chi connectivity index (χ4v) is 5.39. The molecule has 0 saturated carbocycles. The number of carbonyl (C=O) groups excluding carboxylic acids is 7. The molecule has 2 rings (SSSR count). The number of likely N-dealkylation sites (N-methyl/N-ethyl adjacent to an activating group) is 1. The van der Waals surface area contributed by atoms with E-state index in [-0.39, 0.29) is 37.3 Å². The highest BCUT2D eigenvalue weighted by Gasteiger charge is 2.45. The van der Waals surface area contributed by atoms with Crippen molar-refractivity contribution in [3.8, 4) is 0 Å². The molecule has 1 aliphatic heterocycles. The van der Waals surface area contributed by atoms with Gasteiger partial charge in [0, 0.05) is 20.6 Å². The van der Waals surface area contributed by atoms with Crippen LogP contribution in [0.1, 0.15) is 79.3 Å². The van der Waals surface area contributed by atoms with Crippen molar-refractivity contribution in [2.24, 2.45) is 17.3 Å². The third-order valence-electron chi connectivity index (χ3n) is 7.99. The molecule has 0 bridgehead atoms. The standard InChI is InChI=1S/C35H54N6O8/c1-10-14-24(28(43)31(45)36-18-26(42)38-27(32(46)40(8)9)23-15-12-11-13-16-23)37-30(44)25-17-22(4)19-41(25)33(47)29(35(5,6)7)39-34(48)49-20-21(2)3/h11-13,15-16,21-22,24-25,27,29H,10,14,17-20H2,1-9H3,(H,36,45)(H,37,44)(H,38,42)(H,39,48)/t22-,24-,25-,27-,29?/m0/s1. The molecule has 1 heterocycles. The van der Waals surface area contributed by atoms with Crippen molar-refractivity contribution in [3.05, 3.63) is 35.9 Å². The maximum Gasteiger partial charge on any atom is 0.407 e. The fourth-order valence-electron chi connectivity index (χ4n) is 5.39. The SMILES string of the molecule is CCC[C@H](NC(=O)[C@@H]1C[C@H](C)CN1C(=O)C(NC(=O)OCC(C)C)C(C)(C)C)C(=O)C(=O)NCC(=O)N[C@H](C(=O)N(C)C)c1ccccc1. The number of rotatable bonds is 15. The number of likely N-dealkylation sites (tertiary alicyclic amines) is 1. The van der Waals surface area contributed by atoms with Gasteiger partial charge in [0.25, 0.3) is 5.91 Å². The second kappa shape index (κ2) is 18.3. The Balaban J connectivity index is 2.12. The van der Waals surface area contributed by atoms with Gasteiger partial charge in [0.1, 0.15) is 18.1 Å². The summed E-state index contributed by atoms with van der Waals surface area (Å²) in [6.45, 7) is 12.7. The molecular formula is C35H54N6O8. The Hall–Kier alpha value is -4.49. The minimum atomic E-state index is -1.21. The maximum absolute atomic E-state index is 13.9. The zero-order chi connectivity index (χ0) is 37.1. The number of amides is 6. The molecular weight excluding hydrogens is 632 g/mol. The summed E-state index contributed by atoms with van der Waals surface area (Å²) in [6.07, 6.45) is 0.179. The molecule has 1 fully saturated rings. The van der Waals surface area contributed by atoms with Gasteiger partial charge in [-0.3, -0.25) is 28.8 Å². The fraction of sp³-hybridized carbons (Fsp3) is 0.629. The van der Waals surface area contributed by atoms with Gasteiger partial charge in [-0.25, -0.2) is 4.79 Å². The zero-order valence-electron chi connectivity index (χ0n) is 30.3. The van der Waals surface area contributed by atoms with Crippen molar-refractivity contribution in [1.29, 1.82) is 0 Å².